The lowest BCUT2D eigenvalue weighted by atomic mass is 10.2. The highest BCUT2D eigenvalue weighted by Gasteiger charge is 2.06. The zero-order valence-electron chi connectivity index (χ0n) is 10.1. The van der Waals surface area contributed by atoms with Crippen LogP contribution in [0.15, 0.2) is 40.9 Å². The van der Waals surface area contributed by atoms with Crippen LogP contribution >= 0.6 is 15.9 Å². The first-order chi connectivity index (χ1) is 9.13. The van der Waals surface area contributed by atoms with E-state index < -0.39 is 5.82 Å². The Morgan fingerprint density at radius 2 is 2.05 bits per heavy atom. The lowest BCUT2D eigenvalue weighted by molar-refractivity contribution is 0.416. The van der Waals surface area contributed by atoms with Crippen molar-refractivity contribution < 1.29 is 9.13 Å². The number of nitriles is 1. The van der Waals surface area contributed by atoms with E-state index in [1.54, 1.807) is 25.3 Å². The van der Waals surface area contributed by atoms with Gasteiger partial charge in [0, 0.05) is 10.2 Å². The molecule has 1 N–H and O–H groups in total. The van der Waals surface area contributed by atoms with Gasteiger partial charge < -0.3 is 10.1 Å². The van der Waals surface area contributed by atoms with Crippen LogP contribution in [0.25, 0.3) is 0 Å². The maximum atomic E-state index is 13.5. The lowest BCUT2D eigenvalue weighted by Crippen LogP contribution is -1.96. The fraction of sp³-hybridized carbons (Fsp3) is 0.0714. The highest BCUT2D eigenvalue weighted by molar-refractivity contribution is 9.10. The molecule has 0 unspecified atom stereocenters. The van der Waals surface area contributed by atoms with Gasteiger partial charge in [-0.3, -0.25) is 0 Å². The molecule has 0 fully saturated rings. The number of methoxy groups -OCH3 is 1. The quantitative estimate of drug-likeness (QED) is 0.921. The Hall–Kier alpha value is -2.06. The molecule has 5 heteroatoms. The first kappa shape index (κ1) is 13.4. The molecule has 0 spiro atoms. The molecule has 0 saturated carbocycles. The molecule has 0 amide bonds. The van der Waals surface area contributed by atoms with Crippen LogP contribution in [0, 0.1) is 17.1 Å². The van der Waals surface area contributed by atoms with Crippen molar-refractivity contribution in [2.75, 3.05) is 12.4 Å². The zero-order valence-corrected chi connectivity index (χ0v) is 11.7. The second-order valence-electron chi connectivity index (χ2n) is 3.78. The molecule has 0 bridgehead atoms. The summed E-state index contributed by atoms with van der Waals surface area (Å²) in [6.07, 6.45) is 0. The van der Waals surface area contributed by atoms with Gasteiger partial charge >= 0.3 is 0 Å². The fourth-order valence-corrected chi connectivity index (χ4v) is 1.98. The zero-order chi connectivity index (χ0) is 13.8. The van der Waals surface area contributed by atoms with E-state index >= 15 is 0 Å². The molecule has 3 nitrogen and oxygen atoms in total. The summed E-state index contributed by atoms with van der Waals surface area (Å²) in [5.41, 5.74) is 1.28. The summed E-state index contributed by atoms with van der Waals surface area (Å²) in [6.45, 7) is 0. The van der Waals surface area contributed by atoms with Gasteiger partial charge in [-0.05, 0) is 36.4 Å². The molecule has 0 atom stereocenters. The predicted octanol–water partition coefficient (Wildman–Crippen LogP) is 4.21. The second kappa shape index (κ2) is 5.72. The van der Waals surface area contributed by atoms with Crippen LogP contribution in [-0.2, 0) is 0 Å². The van der Waals surface area contributed by atoms with E-state index in [-0.39, 0.29) is 5.56 Å². The van der Waals surface area contributed by atoms with Gasteiger partial charge in [-0.25, -0.2) is 4.39 Å². The van der Waals surface area contributed by atoms with Crippen LogP contribution in [0.2, 0.25) is 0 Å². The van der Waals surface area contributed by atoms with Gasteiger partial charge in [-0.15, -0.1) is 0 Å². The van der Waals surface area contributed by atoms with E-state index in [0.29, 0.717) is 17.1 Å². The van der Waals surface area contributed by atoms with Crippen molar-refractivity contribution in [1.82, 2.24) is 0 Å². The predicted molar refractivity (Wildman–Crippen MR) is 75.1 cm³/mol. The highest BCUT2D eigenvalue weighted by atomic mass is 79.9. The Labute approximate surface area is 118 Å². The minimum atomic E-state index is -0.554. The topological polar surface area (TPSA) is 45.0 Å². The van der Waals surface area contributed by atoms with Crippen molar-refractivity contribution in [1.29, 1.82) is 5.26 Å². The maximum Gasteiger partial charge on any atom is 0.143 e. The van der Waals surface area contributed by atoms with Gasteiger partial charge in [0.1, 0.15) is 17.6 Å². The summed E-state index contributed by atoms with van der Waals surface area (Å²) in [5.74, 6) is 0.0921. The SMILES string of the molecule is COc1ccc(Br)cc1Nc1ccc(C#N)c(F)c1. The minimum absolute atomic E-state index is 0.0201. The number of benzene rings is 2. The average molecular weight is 321 g/mol. The smallest absolute Gasteiger partial charge is 0.143 e. The Balaban J connectivity index is 2.33. The molecular weight excluding hydrogens is 311 g/mol. The largest absolute Gasteiger partial charge is 0.495 e. The first-order valence-electron chi connectivity index (χ1n) is 5.44. The van der Waals surface area contributed by atoms with Crippen LogP contribution in [0.3, 0.4) is 0 Å². The van der Waals surface area contributed by atoms with Gasteiger partial charge in [0.2, 0.25) is 0 Å². The first-order valence-corrected chi connectivity index (χ1v) is 6.23. The van der Waals surface area contributed by atoms with Gasteiger partial charge in [0.05, 0.1) is 18.4 Å². The molecule has 0 aromatic heterocycles. The Kier molecular flexibility index (Phi) is 4.03. The number of anilines is 2. The number of nitrogens with zero attached hydrogens (tertiary/aromatic N) is 1. The summed E-state index contributed by atoms with van der Waals surface area (Å²) in [7, 11) is 1.56. The second-order valence-corrected chi connectivity index (χ2v) is 4.69. The third-order valence-corrected chi connectivity index (χ3v) is 3.02. The standard InChI is InChI=1S/C14H10BrFN2O/c1-19-14-5-3-10(15)6-13(14)18-11-4-2-9(8-17)12(16)7-11/h2-7,18H,1H3. The molecule has 2 aromatic carbocycles. The van der Waals surface area contributed by atoms with E-state index in [1.165, 1.54) is 12.1 Å². The van der Waals surface area contributed by atoms with Crippen molar-refractivity contribution in [3.8, 4) is 11.8 Å². The van der Waals surface area contributed by atoms with Gasteiger partial charge in [0.25, 0.3) is 0 Å². The van der Waals surface area contributed by atoms with E-state index in [4.69, 9.17) is 10.00 Å². The Morgan fingerprint density at radius 1 is 1.26 bits per heavy atom. The van der Waals surface area contributed by atoms with Gasteiger partial charge in [-0.1, -0.05) is 15.9 Å². The fourth-order valence-electron chi connectivity index (χ4n) is 1.62. The highest BCUT2D eigenvalue weighted by Crippen LogP contribution is 2.31. The molecule has 2 rings (SSSR count). The molecule has 19 heavy (non-hydrogen) atoms. The minimum Gasteiger partial charge on any atom is -0.495 e. The van der Waals surface area contributed by atoms with Crippen molar-refractivity contribution in [3.63, 3.8) is 0 Å². The molecule has 0 aliphatic carbocycles. The summed E-state index contributed by atoms with van der Waals surface area (Å²) >= 11 is 3.36. The Morgan fingerprint density at radius 3 is 2.68 bits per heavy atom. The van der Waals surface area contributed by atoms with E-state index in [1.807, 2.05) is 12.1 Å². The third kappa shape index (κ3) is 3.04. The lowest BCUT2D eigenvalue weighted by Gasteiger charge is -2.11. The van der Waals surface area contributed by atoms with Gasteiger partial charge in [0.15, 0.2) is 0 Å². The summed E-state index contributed by atoms with van der Waals surface area (Å²) in [6, 6.07) is 11.6. The number of hydrogen-bond donors (Lipinski definition) is 1. The van der Waals surface area contributed by atoms with E-state index in [9.17, 15) is 4.39 Å². The normalized spacial score (nSPS) is 9.79. The summed E-state index contributed by atoms with van der Waals surface area (Å²) in [4.78, 5) is 0. The summed E-state index contributed by atoms with van der Waals surface area (Å²) < 4.78 is 19.6. The number of ether oxygens (including phenoxy) is 1. The molecule has 0 aliphatic rings. The molecule has 0 heterocycles. The third-order valence-electron chi connectivity index (χ3n) is 2.53. The number of nitrogens with one attached hydrogen (secondary N) is 1. The molecule has 0 radical (unpaired) electrons. The maximum absolute atomic E-state index is 13.5. The van der Waals surface area contributed by atoms with Crippen LogP contribution in [0.4, 0.5) is 15.8 Å². The van der Waals surface area contributed by atoms with E-state index in [2.05, 4.69) is 21.2 Å². The molecule has 0 saturated heterocycles. The van der Waals surface area contributed by atoms with Crippen LogP contribution in [0.5, 0.6) is 5.75 Å². The Bertz CT molecular complexity index is 652. The molecule has 2 aromatic rings. The van der Waals surface area contributed by atoms with Crippen LogP contribution in [-0.4, -0.2) is 7.11 Å². The monoisotopic (exact) mass is 320 g/mol. The number of hydrogen-bond acceptors (Lipinski definition) is 3. The van der Waals surface area contributed by atoms with Crippen molar-refractivity contribution in [2.24, 2.45) is 0 Å². The van der Waals surface area contributed by atoms with Crippen LogP contribution in [0.1, 0.15) is 5.56 Å². The summed E-state index contributed by atoms with van der Waals surface area (Å²) in [5, 5.41) is 11.7. The van der Waals surface area contributed by atoms with E-state index in [0.717, 1.165) is 4.47 Å². The molecule has 0 aliphatic heterocycles. The molecular formula is C14H10BrFN2O. The van der Waals surface area contributed by atoms with Crippen molar-refractivity contribution in [2.45, 2.75) is 0 Å². The number of rotatable bonds is 3. The number of halogens is 2. The van der Waals surface area contributed by atoms with Gasteiger partial charge in [-0.2, -0.15) is 5.26 Å². The van der Waals surface area contributed by atoms with Crippen molar-refractivity contribution in [3.05, 3.63) is 52.3 Å². The van der Waals surface area contributed by atoms with Crippen molar-refractivity contribution >= 4 is 27.3 Å². The average Bonchev–Trinajstić information content (AvgIpc) is 2.39. The molecule has 96 valence electrons. The van der Waals surface area contributed by atoms with Crippen LogP contribution < -0.4 is 10.1 Å².